The zero-order valence-corrected chi connectivity index (χ0v) is 18.5. The maximum Gasteiger partial charge on any atom is 0.303 e. The second-order valence-corrected chi connectivity index (χ2v) is 7.33. The van der Waals surface area contributed by atoms with Gasteiger partial charge in [-0.2, -0.15) is 0 Å². The highest BCUT2D eigenvalue weighted by atomic mass is 16.5. The number of ketones is 1. The molecule has 1 aliphatic heterocycles. The summed E-state index contributed by atoms with van der Waals surface area (Å²) in [4.78, 5) is 38.3. The Hall–Kier alpha value is -4.01. The summed E-state index contributed by atoms with van der Waals surface area (Å²) in [6.07, 6.45) is -0.0445. The lowest BCUT2D eigenvalue weighted by Gasteiger charge is -2.26. The molecule has 0 spiro atoms. The highest BCUT2D eigenvalue weighted by molar-refractivity contribution is 6.46. The first-order chi connectivity index (χ1) is 15.8. The molecule has 1 heterocycles. The second-order valence-electron chi connectivity index (χ2n) is 7.33. The Morgan fingerprint density at radius 3 is 2.15 bits per heavy atom. The molecule has 174 valence electrons. The fourth-order valence-corrected chi connectivity index (χ4v) is 3.79. The standard InChI is InChI=1S/C24H25NO8/c1-31-15-8-6-14(7-9-15)22(28)20-21(17-13-16(32-2)10-11-18(17)33-3)25(24(30)23(20)29)12-4-5-19(26)27/h6-11,13,21,28H,4-5,12H2,1-3H3,(H,26,27)/b22-20+. The molecule has 1 aliphatic rings. The first kappa shape index (κ1) is 23.6. The van der Waals surface area contributed by atoms with E-state index in [9.17, 15) is 19.5 Å². The molecular weight excluding hydrogens is 430 g/mol. The van der Waals surface area contributed by atoms with E-state index in [1.165, 1.54) is 26.2 Å². The van der Waals surface area contributed by atoms with Crippen molar-refractivity contribution in [3.05, 3.63) is 59.2 Å². The predicted molar refractivity (Wildman–Crippen MR) is 118 cm³/mol. The van der Waals surface area contributed by atoms with Gasteiger partial charge in [0.2, 0.25) is 0 Å². The zero-order valence-electron chi connectivity index (χ0n) is 18.5. The molecule has 1 unspecified atom stereocenters. The number of nitrogens with zero attached hydrogens (tertiary/aromatic N) is 1. The van der Waals surface area contributed by atoms with Gasteiger partial charge in [-0.3, -0.25) is 14.4 Å². The molecule has 3 rings (SSSR count). The molecule has 1 fully saturated rings. The van der Waals surface area contributed by atoms with Crippen LogP contribution in [0.25, 0.3) is 5.76 Å². The number of aliphatic hydroxyl groups excluding tert-OH is 1. The Labute approximate surface area is 190 Å². The molecule has 0 aliphatic carbocycles. The number of carbonyl (C=O) groups excluding carboxylic acids is 2. The van der Waals surface area contributed by atoms with Gasteiger partial charge in [0.25, 0.3) is 11.7 Å². The number of benzene rings is 2. The molecule has 1 saturated heterocycles. The van der Waals surface area contributed by atoms with Crippen molar-refractivity contribution in [1.29, 1.82) is 0 Å². The molecule has 2 aromatic carbocycles. The monoisotopic (exact) mass is 455 g/mol. The molecule has 0 saturated carbocycles. The van der Waals surface area contributed by atoms with Crippen LogP contribution in [0.5, 0.6) is 17.2 Å². The maximum absolute atomic E-state index is 13.1. The Morgan fingerprint density at radius 1 is 0.939 bits per heavy atom. The summed E-state index contributed by atoms with van der Waals surface area (Å²) in [5.41, 5.74) is 0.639. The van der Waals surface area contributed by atoms with Crippen molar-refractivity contribution in [3.63, 3.8) is 0 Å². The number of rotatable bonds is 9. The van der Waals surface area contributed by atoms with E-state index >= 15 is 0 Å². The van der Waals surface area contributed by atoms with E-state index in [1.807, 2.05) is 0 Å². The Kier molecular flexibility index (Phi) is 7.22. The topological polar surface area (TPSA) is 123 Å². The average Bonchev–Trinajstić information content (AvgIpc) is 3.07. The van der Waals surface area contributed by atoms with Crippen LogP contribution in [0, 0.1) is 0 Å². The number of carboxylic acids is 1. The normalized spacial score (nSPS) is 17.2. The predicted octanol–water partition coefficient (Wildman–Crippen LogP) is 3.00. The van der Waals surface area contributed by atoms with Crippen molar-refractivity contribution < 1.29 is 38.8 Å². The quantitative estimate of drug-likeness (QED) is 0.336. The third-order valence-corrected chi connectivity index (χ3v) is 5.42. The van der Waals surface area contributed by atoms with Gasteiger partial charge in [0, 0.05) is 24.1 Å². The van der Waals surface area contributed by atoms with Crippen molar-refractivity contribution in [2.75, 3.05) is 27.9 Å². The molecule has 33 heavy (non-hydrogen) atoms. The van der Waals surface area contributed by atoms with Crippen LogP contribution in [-0.4, -0.2) is 60.6 Å². The third-order valence-electron chi connectivity index (χ3n) is 5.42. The minimum absolute atomic E-state index is 0.00129. The Morgan fingerprint density at radius 2 is 1.58 bits per heavy atom. The molecule has 0 aromatic heterocycles. The Balaban J connectivity index is 2.18. The summed E-state index contributed by atoms with van der Waals surface area (Å²) < 4.78 is 15.9. The van der Waals surface area contributed by atoms with Gasteiger partial charge >= 0.3 is 5.97 Å². The number of hydrogen-bond acceptors (Lipinski definition) is 7. The minimum atomic E-state index is -1.01. The van der Waals surface area contributed by atoms with Gasteiger partial charge in [0.1, 0.15) is 23.0 Å². The van der Waals surface area contributed by atoms with Crippen molar-refractivity contribution in [2.24, 2.45) is 0 Å². The van der Waals surface area contributed by atoms with E-state index in [4.69, 9.17) is 19.3 Å². The van der Waals surface area contributed by atoms with E-state index in [-0.39, 0.29) is 30.7 Å². The van der Waals surface area contributed by atoms with Crippen LogP contribution in [0.2, 0.25) is 0 Å². The SMILES string of the molecule is COc1ccc(/C(O)=C2\C(=O)C(=O)N(CCCC(=O)O)C2c2cc(OC)ccc2OC)cc1. The molecule has 2 aromatic rings. The molecular formula is C24H25NO8. The average molecular weight is 455 g/mol. The number of ether oxygens (including phenoxy) is 3. The first-order valence-electron chi connectivity index (χ1n) is 10.2. The number of Topliss-reactive ketones (excluding diaryl/α,β-unsaturated/α-hetero) is 1. The fourth-order valence-electron chi connectivity index (χ4n) is 3.79. The van der Waals surface area contributed by atoms with Gasteiger partial charge in [-0.1, -0.05) is 0 Å². The van der Waals surface area contributed by atoms with Gasteiger partial charge in [-0.05, 0) is 48.9 Å². The summed E-state index contributed by atoms with van der Waals surface area (Å²) in [6, 6.07) is 10.3. The number of likely N-dealkylation sites (tertiary alicyclic amines) is 1. The van der Waals surface area contributed by atoms with Gasteiger partial charge in [0.05, 0.1) is 32.9 Å². The molecule has 2 N–H and O–H groups in total. The molecule has 1 atom stereocenters. The molecule has 0 radical (unpaired) electrons. The van der Waals surface area contributed by atoms with Crippen molar-refractivity contribution in [2.45, 2.75) is 18.9 Å². The van der Waals surface area contributed by atoms with Crippen molar-refractivity contribution in [3.8, 4) is 17.2 Å². The Bertz CT molecular complexity index is 1090. The second kappa shape index (κ2) is 10.1. The lowest BCUT2D eigenvalue weighted by Crippen LogP contribution is -2.31. The van der Waals surface area contributed by atoms with E-state index in [0.29, 0.717) is 28.4 Å². The van der Waals surface area contributed by atoms with Crippen LogP contribution >= 0.6 is 0 Å². The number of carbonyl (C=O) groups is 3. The van der Waals surface area contributed by atoms with Crippen LogP contribution < -0.4 is 14.2 Å². The van der Waals surface area contributed by atoms with Gasteiger partial charge in [-0.25, -0.2) is 0 Å². The van der Waals surface area contributed by atoms with Crippen LogP contribution in [-0.2, 0) is 14.4 Å². The molecule has 9 heteroatoms. The lowest BCUT2D eigenvalue weighted by atomic mass is 9.94. The highest BCUT2D eigenvalue weighted by Crippen LogP contribution is 2.44. The van der Waals surface area contributed by atoms with Crippen LogP contribution in [0.4, 0.5) is 0 Å². The van der Waals surface area contributed by atoms with Crippen LogP contribution in [0.1, 0.15) is 30.0 Å². The fraction of sp³-hybridized carbons (Fsp3) is 0.292. The molecule has 1 amide bonds. The minimum Gasteiger partial charge on any atom is -0.507 e. The molecule has 9 nitrogen and oxygen atoms in total. The number of carboxylic acid groups (broad SMARTS) is 1. The first-order valence-corrected chi connectivity index (χ1v) is 10.2. The number of methoxy groups -OCH3 is 3. The summed E-state index contributed by atoms with van der Waals surface area (Å²) >= 11 is 0. The summed E-state index contributed by atoms with van der Waals surface area (Å²) in [5, 5.41) is 20.1. The number of aliphatic hydroxyl groups is 1. The largest absolute Gasteiger partial charge is 0.507 e. The smallest absolute Gasteiger partial charge is 0.303 e. The summed E-state index contributed by atoms with van der Waals surface area (Å²) in [5.74, 6) is -1.66. The highest BCUT2D eigenvalue weighted by Gasteiger charge is 2.47. The van der Waals surface area contributed by atoms with Crippen LogP contribution in [0.15, 0.2) is 48.0 Å². The van der Waals surface area contributed by atoms with Gasteiger partial charge in [0.15, 0.2) is 0 Å². The maximum atomic E-state index is 13.1. The number of aliphatic carboxylic acids is 1. The van der Waals surface area contributed by atoms with Crippen molar-refractivity contribution in [1.82, 2.24) is 4.90 Å². The van der Waals surface area contributed by atoms with Gasteiger partial charge in [-0.15, -0.1) is 0 Å². The van der Waals surface area contributed by atoms with Crippen molar-refractivity contribution >= 4 is 23.4 Å². The molecule has 0 bridgehead atoms. The van der Waals surface area contributed by atoms with E-state index < -0.39 is 23.7 Å². The summed E-state index contributed by atoms with van der Waals surface area (Å²) in [6.45, 7) is 0.00129. The number of hydrogen-bond donors (Lipinski definition) is 2. The summed E-state index contributed by atoms with van der Waals surface area (Å²) in [7, 11) is 4.44. The van der Waals surface area contributed by atoms with Crippen LogP contribution in [0.3, 0.4) is 0 Å². The van der Waals surface area contributed by atoms with E-state index in [1.54, 1.807) is 42.5 Å². The zero-order chi connectivity index (χ0) is 24.1. The van der Waals surface area contributed by atoms with Gasteiger partial charge < -0.3 is 29.3 Å². The number of amides is 1. The van der Waals surface area contributed by atoms with E-state index in [0.717, 1.165) is 0 Å². The van der Waals surface area contributed by atoms with E-state index in [2.05, 4.69) is 0 Å². The third kappa shape index (κ3) is 4.77. The lowest BCUT2D eigenvalue weighted by molar-refractivity contribution is -0.140.